The Kier molecular flexibility index (Phi) is 8.03. The van der Waals surface area contributed by atoms with E-state index in [0.717, 1.165) is 66.3 Å². The highest BCUT2D eigenvalue weighted by atomic mass is 32.1. The van der Waals surface area contributed by atoms with E-state index in [1.165, 1.54) is 16.2 Å². The van der Waals surface area contributed by atoms with E-state index in [-0.39, 0.29) is 18.5 Å². The highest BCUT2D eigenvalue weighted by Gasteiger charge is 2.27. The Morgan fingerprint density at radius 1 is 1.00 bits per heavy atom. The average Bonchev–Trinajstić information content (AvgIpc) is 3.11. The van der Waals surface area contributed by atoms with Gasteiger partial charge in [-0.15, -0.1) is 11.3 Å². The number of hydrogen-bond donors (Lipinski definition) is 1. The van der Waals surface area contributed by atoms with Gasteiger partial charge in [-0.1, -0.05) is 31.5 Å². The van der Waals surface area contributed by atoms with Gasteiger partial charge in [0.15, 0.2) is 0 Å². The minimum absolute atomic E-state index is 0.269. The molecule has 7 heteroatoms. The number of hydrogen-bond acceptors (Lipinski definition) is 6. The molecule has 38 heavy (non-hydrogen) atoms. The van der Waals surface area contributed by atoms with Crippen molar-refractivity contribution in [1.82, 2.24) is 4.98 Å². The van der Waals surface area contributed by atoms with Crippen molar-refractivity contribution in [3.8, 4) is 17.0 Å². The standard InChI is InChI=1S/C31H32N2O4S/c1-3-18-37-21-16-14-20(15-17-21)26-19-24(22-10-8-9-12-25(22)32-26)29(34)33-30-28(31(35)36-4-2)23-11-6-5-7-13-27(23)38-30/h8-10,12,14-17,19H,3-7,11,13,18H2,1-2H3,(H,33,34). The van der Waals surface area contributed by atoms with E-state index in [4.69, 9.17) is 14.5 Å². The summed E-state index contributed by atoms with van der Waals surface area (Å²) >= 11 is 1.50. The minimum atomic E-state index is -0.368. The lowest BCUT2D eigenvalue weighted by Gasteiger charge is -2.12. The second-order valence-corrected chi connectivity index (χ2v) is 10.5. The Balaban J connectivity index is 1.52. The number of pyridine rings is 1. The van der Waals surface area contributed by atoms with Crippen LogP contribution in [0.2, 0.25) is 0 Å². The van der Waals surface area contributed by atoms with E-state index in [1.807, 2.05) is 54.6 Å². The molecule has 4 aromatic rings. The van der Waals surface area contributed by atoms with Crippen LogP contribution in [-0.2, 0) is 17.6 Å². The number of esters is 1. The summed E-state index contributed by atoms with van der Waals surface area (Å²) in [6, 6.07) is 17.2. The number of ether oxygens (including phenoxy) is 2. The van der Waals surface area contributed by atoms with Crippen molar-refractivity contribution < 1.29 is 19.1 Å². The minimum Gasteiger partial charge on any atom is -0.494 e. The Morgan fingerprint density at radius 2 is 1.79 bits per heavy atom. The number of thiophene rings is 1. The van der Waals surface area contributed by atoms with Gasteiger partial charge in [0.2, 0.25) is 0 Å². The number of rotatable bonds is 8. The fourth-order valence-corrected chi connectivity index (χ4v) is 6.15. The van der Waals surface area contributed by atoms with Crippen LogP contribution in [0.15, 0.2) is 54.6 Å². The number of aryl methyl sites for hydroxylation is 1. The maximum absolute atomic E-state index is 13.8. The quantitative estimate of drug-likeness (QED) is 0.190. The Labute approximate surface area is 227 Å². The van der Waals surface area contributed by atoms with E-state index in [0.29, 0.717) is 28.4 Å². The van der Waals surface area contributed by atoms with Crippen LogP contribution in [0.4, 0.5) is 5.00 Å². The second-order valence-electron chi connectivity index (χ2n) is 9.39. The summed E-state index contributed by atoms with van der Waals surface area (Å²) in [6.45, 7) is 4.83. The van der Waals surface area contributed by atoms with Crippen molar-refractivity contribution in [2.75, 3.05) is 18.5 Å². The van der Waals surface area contributed by atoms with E-state index in [9.17, 15) is 9.59 Å². The molecule has 0 atom stereocenters. The summed E-state index contributed by atoms with van der Waals surface area (Å²) < 4.78 is 11.1. The van der Waals surface area contributed by atoms with Crippen LogP contribution in [0.3, 0.4) is 0 Å². The van der Waals surface area contributed by atoms with Gasteiger partial charge in [-0.25, -0.2) is 9.78 Å². The zero-order valence-electron chi connectivity index (χ0n) is 21.8. The summed E-state index contributed by atoms with van der Waals surface area (Å²) in [6.07, 6.45) is 5.95. The van der Waals surface area contributed by atoms with Gasteiger partial charge in [0.05, 0.1) is 35.6 Å². The summed E-state index contributed by atoms with van der Waals surface area (Å²) in [5, 5.41) is 4.40. The van der Waals surface area contributed by atoms with Crippen molar-refractivity contribution in [2.24, 2.45) is 0 Å². The van der Waals surface area contributed by atoms with Crippen LogP contribution in [0.1, 0.15) is 70.7 Å². The molecule has 0 bridgehead atoms. The Morgan fingerprint density at radius 3 is 2.58 bits per heavy atom. The third-order valence-corrected chi connectivity index (χ3v) is 7.92. The summed E-state index contributed by atoms with van der Waals surface area (Å²) in [5.41, 5.74) is 4.38. The van der Waals surface area contributed by atoms with Gasteiger partial charge in [0, 0.05) is 15.8 Å². The normalized spacial score (nSPS) is 13.0. The molecule has 0 radical (unpaired) electrons. The van der Waals surface area contributed by atoms with Crippen LogP contribution in [0.25, 0.3) is 22.2 Å². The molecule has 196 valence electrons. The number of carbonyl (C=O) groups is 2. The number of aromatic nitrogens is 1. The maximum atomic E-state index is 13.8. The number of nitrogens with one attached hydrogen (secondary N) is 1. The first kappa shape index (κ1) is 25.9. The molecule has 1 aliphatic rings. The number of para-hydroxylation sites is 1. The smallest absolute Gasteiger partial charge is 0.341 e. The van der Waals surface area contributed by atoms with Crippen LogP contribution in [0, 0.1) is 0 Å². The number of nitrogens with zero attached hydrogens (tertiary/aromatic N) is 1. The zero-order chi connectivity index (χ0) is 26.5. The SMILES string of the molecule is CCCOc1ccc(-c2cc(C(=O)Nc3sc4c(c3C(=O)OCC)CCCCC4)c3ccccc3n2)cc1. The van der Waals surface area contributed by atoms with Crippen molar-refractivity contribution in [3.05, 3.63) is 76.2 Å². The van der Waals surface area contributed by atoms with Crippen LogP contribution in [-0.4, -0.2) is 30.1 Å². The second kappa shape index (κ2) is 11.8. The molecular formula is C31H32N2O4S. The highest BCUT2D eigenvalue weighted by molar-refractivity contribution is 7.17. The largest absolute Gasteiger partial charge is 0.494 e. The predicted molar refractivity (Wildman–Crippen MR) is 152 cm³/mol. The number of amides is 1. The van der Waals surface area contributed by atoms with Gasteiger partial charge >= 0.3 is 5.97 Å². The topological polar surface area (TPSA) is 77.5 Å². The van der Waals surface area contributed by atoms with Crippen LogP contribution in [0.5, 0.6) is 5.75 Å². The molecular weight excluding hydrogens is 496 g/mol. The number of benzene rings is 2. The van der Waals surface area contributed by atoms with E-state index in [2.05, 4.69) is 12.2 Å². The molecule has 0 fully saturated rings. The molecule has 1 aliphatic carbocycles. The van der Waals surface area contributed by atoms with Crippen molar-refractivity contribution in [3.63, 3.8) is 0 Å². The molecule has 0 unspecified atom stereocenters. The molecule has 0 saturated carbocycles. The zero-order valence-corrected chi connectivity index (χ0v) is 22.7. The Bertz CT molecular complexity index is 1460. The highest BCUT2D eigenvalue weighted by Crippen LogP contribution is 2.38. The number of anilines is 1. The molecule has 1 amide bonds. The number of fused-ring (bicyclic) bond motifs is 2. The Hall–Kier alpha value is -3.71. The fraction of sp³-hybridized carbons (Fsp3) is 0.323. The summed E-state index contributed by atoms with van der Waals surface area (Å²) in [4.78, 5) is 32.8. The fourth-order valence-electron chi connectivity index (χ4n) is 4.87. The van der Waals surface area contributed by atoms with Crippen molar-refractivity contribution >= 4 is 39.1 Å². The molecule has 2 aromatic carbocycles. The van der Waals surface area contributed by atoms with E-state index >= 15 is 0 Å². The summed E-state index contributed by atoms with van der Waals surface area (Å²) in [7, 11) is 0. The molecule has 6 nitrogen and oxygen atoms in total. The van der Waals surface area contributed by atoms with Gasteiger partial charge in [-0.3, -0.25) is 4.79 Å². The molecule has 2 aromatic heterocycles. The summed E-state index contributed by atoms with van der Waals surface area (Å²) in [5.74, 6) is 0.167. The van der Waals surface area contributed by atoms with Gasteiger partial charge < -0.3 is 14.8 Å². The van der Waals surface area contributed by atoms with Gasteiger partial charge in [-0.2, -0.15) is 0 Å². The van der Waals surface area contributed by atoms with E-state index in [1.54, 1.807) is 6.92 Å². The predicted octanol–water partition coefficient (Wildman–Crippen LogP) is 7.45. The molecule has 2 heterocycles. The number of carbonyl (C=O) groups excluding carboxylic acids is 2. The molecule has 5 rings (SSSR count). The third-order valence-electron chi connectivity index (χ3n) is 6.71. The molecule has 0 saturated heterocycles. The first-order valence-corrected chi connectivity index (χ1v) is 14.2. The van der Waals surface area contributed by atoms with Crippen molar-refractivity contribution in [2.45, 2.75) is 52.4 Å². The van der Waals surface area contributed by atoms with Gasteiger partial charge in [0.25, 0.3) is 5.91 Å². The van der Waals surface area contributed by atoms with E-state index < -0.39 is 0 Å². The molecule has 0 aliphatic heterocycles. The molecule has 0 spiro atoms. The molecule has 1 N–H and O–H groups in total. The first-order valence-electron chi connectivity index (χ1n) is 13.3. The van der Waals surface area contributed by atoms with Crippen molar-refractivity contribution in [1.29, 1.82) is 0 Å². The van der Waals surface area contributed by atoms with Crippen LogP contribution >= 0.6 is 11.3 Å². The van der Waals surface area contributed by atoms with Gasteiger partial charge in [-0.05, 0) is 81.0 Å². The van der Waals surface area contributed by atoms with Gasteiger partial charge in [0.1, 0.15) is 10.8 Å². The lowest BCUT2D eigenvalue weighted by molar-refractivity contribution is 0.0527. The first-order chi connectivity index (χ1) is 18.6. The lowest BCUT2D eigenvalue weighted by atomic mass is 10.0. The van der Waals surface area contributed by atoms with Crippen LogP contribution < -0.4 is 10.1 Å². The maximum Gasteiger partial charge on any atom is 0.341 e. The average molecular weight is 529 g/mol. The third kappa shape index (κ3) is 5.43. The monoisotopic (exact) mass is 528 g/mol. The lowest BCUT2D eigenvalue weighted by Crippen LogP contribution is -2.16.